The number of hydrogen-bond acceptors (Lipinski definition) is 7. The number of carbonyl (C=O) groups is 3. The molecule has 2 aromatic carbocycles. The van der Waals surface area contributed by atoms with Crippen LogP contribution in [0, 0.1) is 0 Å². The minimum Gasteiger partial charge on any atom is -0.497 e. The highest BCUT2D eigenvalue weighted by atomic mass is 35.5. The summed E-state index contributed by atoms with van der Waals surface area (Å²) in [6.07, 6.45) is 0.0461. The molecule has 1 atom stereocenters. The van der Waals surface area contributed by atoms with Gasteiger partial charge in [-0.2, -0.15) is 0 Å². The number of rotatable bonds is 13. The third kappa shape index (κ3) is 10.1. The SMILES string of the molecule is COc1ccc(CN(C(=O)CCl)[C@@H](CCCNC(=O)OCc2ccccc2)C(=O)OC(C)(C)C)c(OC)c1. The van der Waals surface area contributed by atoms with E-state index in [0.717, 1.165) is 5.56 Å². The van der Waals surface area contributed by atoms with Crippen molar-refractivity contribution in [1.29, 1.82) is 0 Å². The first-order valence-corrected chi connectivity index (χ1v) is 12.8. The Morgan fingerprint density at radius 1 is 1.03 bits per heavy atom. The van der Waals surface area contributed by atoms with E-state index in [0.29, 0.717) is 23.5 Å². The smallest absolute Gasteiger partial charge is 0.407 e. The van der Waals surface area contributed by atoms with Crippen molar-refractivity contribution in [3.05, 3.63) is 59.7 Å². The monoisotopic (exact) mass is 548 g/mol. The molecule has 38 heavy (non-hydrogen) atoms. The van der Waals surface area contributed by atoms with E-state index in [4.69, 9.17) is 30.5 Å². The highest BCUT2D eigenvalue weighted by Crippen LogP contribution is 2.27. The van der Waals surface area contributed by atoms with Gasteiger partial charge in [0.05, 0.1) is 20.8 Å². The molecule has 1 N–H and O–H groups in total. The predicted octanol–water partition coefficient (Wildman–Crippen LogP) is 4.69. The van der Waals surface area contributed by atoms with Gasteiger partial charge in [0, 0.05) is 18.2 Å². The number of alkyl carbamates (subject to hydrolysis) is 1. The van der Waals surface area contributed by atoms with Crippen molar-refractivity contribution in [3.8, 4) is 11.5 Å². The Bertz CT molecular complexity index is 1060. The van der Waals surface area contributed by atoms with Crippen LogP contribution in [0.2, 0.25) is 0 Å². The average Bonchev–Trinajstić information content (AvgIpc) is 2.90. The third-order valence-corrected chi connectivity index (χ3v) is 5.69. The molecule has 0 radical (unpaired) electrons. The van der Waals surface area contributed by atoms with Crippen molar-refractivity contribution in [1.82, 2.24) is 10.2 Å². The molecule has 2 rings (SSSR count). The molecule has 0 aliphatic heterocycles. The van der Waals surface area contributed by atoms with E-state index in [1.807, 2.05) is 30.3 Å². The van der Waals surface area contributed by atoms with E-state index in [1.165, 1.54) is 12.0 Å². The van der Waals surface area contributed by atoms with Crippen LogP contribution in [0.5, 0.6) is 11.5 Å². The van der Waals surface area contributed by atoms with Gasteiger partial charge < -0.3 is 29.2 Å². The molecule has 0 aliphatic carbocycles. The molecule has 0 unspecified atom stereocenters. The Hall–Kier alpha value is -3.46. The Balaban J connectivity index is 2.13. The number of amides is 2. The van der Waals surface area contributed by atoms with Crippen LogP contribution in [0.15, 0.2) is 48.5 Å². The Morgan fingerprint density at radius 2 is 1.74 bits per heavy atom. The summed E-state index contributed by atoms with van der Waals surface area (Å²) in [5, 5.41) is 2.68. The first-order chi connectivity index (χ1) is 18.1. The Kier molecular flexibility index (Phi) is 12.2. The standard InChI is InChI=1S/C28H37ClN2O7/c1-28(2,3)38-26(33)23(12-9-15-30-27(34)37-19-20-10-7-6-8-11-20)31(25(32)17-29)18-21-13-14-22(35-4)16-24(21)36-5/h6-8,10-11,13-14,16,23H,9,12,15,17-19H2,1-5H3,(H,30,34)/t23-/m0/s1. The Morgan fingerprint density at radius 3 is 2.34 bits per heavy atom. The lowest BCUT2D eigenvalue weighted by Gasteiger charge is -2.33. The minimum absolute atomic E-state index is 0.0647. The summed E-state index contributed by atoms with van der Waals surface area (Å²) in [5.41, 5.74) is 0.780. The van der Waals surface area contributed by atoms with E-state index in [-0.39, 0.29) is 32.0 Å². The maximum absolute atomic E-state index is 13.2. The van der Waals surface area contributed by atoms with Crippen LogP contribution in [0.3, 0.4) is 0 Å². The summed E-state index contributed by atoms with van der Waals surface area (Å²) in [7, 11) is 3.06. The minimum atomic E-state index is -0.936. The molecule has 0 fully saturated rings. The van der Waals surface area contributed by atoms with Crippen molar-refractivity contribution in [2.75, 3.05) is 26.6 Å². The summed E-state index contributed by atoms with van der Waals surface area (Å²) in [4.78, 5) is 39.7. The molecule has 0 bridgehead atoms. The maximum atomic E-state index is 13.2. The van der Waals surface area contributed by atoms with Gasteiger partial charge in [-0.25, -0.2) is 9.59 Å². The average molecular weight is 549 g/mol. The molecule has 10 heteroatoms. The zero-order valence-corrected chi connectivity index (χ0v) is 23.4. The van der Waals surface area contributed by atoms with Crippen molar-refractivity contribution in [3.63, 3.8) is 0 Å². The summed E-state index contributed by atoms with van der Waals surface area (Å²) in [5.74, 6) is -0.218. The summed E-state index contributed by atoms with van der Waals surface area (Å²) in [6.45, 7) is 5.72. The highest BCUT2D eigenvalue weighted by Gasteiger charge is 2.33. The van der Waals surface area contributed by atoms with Crippen LogP contribution in [-0.4, -0.2) is 61.2 Å². The van der Waals surface area contributed by atoms with Gasteiger partial charge in [-0.15, -0.1) is 11.6 Å². The number of nitrogens with one attached hydrogen (secondary N) is 1. The van der Waals surface area contributed by atoms with E-state index in [9.17, 15) is 14.4 Å². The number of methoxy groups -OCH3 is 2. The predicted molar refractivity (Wildman–Crippen MR) is 144 cm³/mol. The van der Waals surface area contributed by atoms with Gasteiger partial charge in [-0.1, -0.05) is 30.3 Å². The molecule has 2 aromatic rings. The molecule has 0 aromatic heterocycles. The van der Waals surface area contributed by atoms with Crippen LogP contribution in [0.1, 0.15) is 44.7 Å². The molecule has 9 nitrogen and oxygen atoms in total. The van der Waals surface area contributed by atoms with Gasteiger partial charge in [0.1, 0.15) is 35.6 Å². The molecular weight excluding hydrogens is 512 g/mol. The van der Waals surface area contributed by atoms with E-state index < -0.39 is 29.6 Å². The molecule has 0 heterocycles. The van der Waals surface area contributed by atoms with Crippen LogP contribution in [0.25, 0.3) is 0 Å². The largest absolute Gasteiger partial charge is 0.497 e. The quantitative estimate of drug-likeness (QED) is 0.220. The maximum Gasteiger partial charge on any atom is 0.407 e. The van der Waals surface area contributed by atoms with Gasteiger partial charge in [0.2, 0.25) is 5.91 Å². The zero-order chi connectivity index (χ0) is 28.1. The van der Waals surface area contributed by atoms with Crippen LogP contribution in [0.4, 0.5) is 4.79 Å². The molecule has 208 valence electrons. The number of alkyl halides is 1. The van der Waals surface area contributed by atoms with Crippen molar-refractivity contribution in [2.45, 2.75) is 58.4 Å². The fourth-order valence-corrected chi connectivity index (χ4v) is 3.80. The first kappa shape index (κ1) is 30.8. The summed E-state index contributed by atoms with van der Waals surface area (Å²) in [6, 6.07) is 13.6. The van der Waals surface area contributed by atoms with Crippen molar-refractivity contribution < 1.29 is 33.3 Å². The van der Waals surface area contributed by atoms with E-state index in [1.54, 1.807) is 46.1 Å². The van der Waals surface area contributed by atoms with Crippen molar-refractivity contribution in [2.24, 2.45) is 0 Å². The van der Waals surface area contributed by atoms with Crippen LogP contribution in [-0.2, 0) is 32.2 Å². The fraction of sp³-hybridized carbons (Fsp3) is 0.464. The number of carbonyl (C=O) groups excluding carboxylic acids is 3. The second-order valence-corrected chi connectivity index (χ2v) is 9.78. The zero-order valence-electron chi connectivity index (χ0n) is 22.6. The van der Waals surface area contributed by atoms with Gasteiger partial charge >= 0.3 is 12.1 Å². The second-order valence-electron chi connectivity index (χ2n) is 9.51. The normalized spacial score (nSPS) is 11.7. The lowest BCUT2D eigenvalue weighted by atomic mass is 10.1. The highest BCUT2D eigenvalue weighted by molar-refractivity contribution is 6.27. The summed E-state index contributed by atoms with van der Waals surface area (Å²) >= 11 is 5.94. The molecular formula is C28H37ClN2O7. The number of nitrogens with zero attached hydrogens (tertiary/aromatic N) is 1. The lowest BCUT2D eigenvalue weighted by molar-refractivity contribution is -0.165. The number of ether oxygens (including phenoxy) is 4. The molecule has 0 saturated heterocycles. The topological polar surface area (TPSA) is 103 Å². The second kappa shape index (κ2) is 15.1. The third-order valence-electron chi connectivity index (χ3n) is 5.46. The van der Waals surface area contributed by atoms with Gasteiger partial charge in [0.15, 0.2) is 0 Å². The molecule has 0 spiro atoms. The van der Waals surface area contributed by atoms with E-state index in [2.05, 4.69) is 5.32 Å². The van der Waals surface area contributed by atoms with E-state index >= 15 is 0 Å². The lowest BCUT2D eigenvalue weighted by Crippen LogP contribution is -2.48. The number of halogens is 1. The molecule has 0 saturated carbocycles. The molecule has 0 aliphatic rings. The summed E-state index contributed by atoms with van der Waals surface area (Å²) < 4.78 is 21.6. The van der Waals surface area contributed by atoms with Crippen LogP contribution >= 0.6 is 11.6 Å². The Labute approximate surface area is 229 Å². The number of benzene rings is 2. The van der Waals surface area contributed by atoms with Crippen LogP contribution < -0.4 is 14.8 Å². The fourth-order valence-electron chi connectivity index (χ4n) is 3.65. The van der Waals surface area contributed by atoms with Crippen molar-refractivity contribution >= 4 is 29.6 Å². The molecule has 2 amide bonds. The number of esters is 1. The first-order valence-electron chi connectivity index (χ1n) is 12.3. The van der Waals surface area contributed by atoms with Gasteiger partial charge in [0.25, 0.3) is 0 Å². The van der Waals surface area contributed by atoms with Gasteiger partial charge in [-0.3, -0.25) is 4.79 Å². The van der Waals surface area contributed by atoms with Gasteiger partial charge in [-0.05, 0) is 51.3 Å². The number of hydrogen-bond donors (Lipinski definition) is 1.